The molecule has 0 N–H and O–H groups in total. The van der Waals surface area contributed by atoms with E-state index in [9.17, 15) is 0 Å². The molecule has 0 atom stereocenters. The van der Waals surface area contributed by atoms with Gasteiger partial charge in [0.05, 0.1) is 24.9 Å². The molecule has 0 radical (unpaired) electrons. The van der Waals surface area contributed by atoms with E-state index in [2.05, 4.69) is 24.0 Å². The molecule has 0 saturated carbocycles. The van der Waals surface area contributed by atoms with Crippen LogP contribution in [-0.2, 0) is 12.8 Å². The van der Waals surface area contributed by atoms with E-state index in [1.165, 1.54) is 47.2 Å². The molecule has 0 unspecified atom stereocenters. The summed E-state index contributed by atoms with van der Waals surface area (Å²) >= 11 is 1.88. The van der Waals surface area contributed by atoms with Crippen molar-refractivity contribution < 1.29 is 9.47 Å². The van der Waals surface area contributed by atoms with Gasteiger partial charge in [0, 0.05) is 13.1 Å². The molecular weight excluding hydrogens is 320 g/mol. The van der Waals surface area contributed by atoms with Crippen molar-refractivity contribution in [2.45, 2.75) is 39.0 Å². The van der Waals surface area contributed by atoms with Crippen LogP contribution < -0.4 is 14.4 Å². The molecule has 2 heterocycles. The third-order valence-electron chi connectivity index (χ3n) is 4.51. The van der Waals surface area contributed by atoms with Crippen LogP contribution in [0.4, 0.5) is 5.00 Å². The van der Waals surface area contributed by atoms with Crippen molar-refractivity contribution in [3.8, 4) is 11.5 Å². The van der Waals surface area contributed by atoms with Gasteiger partial charge in [-0.25, -0.2) is 4.98 Å². The predicted molar refractivity (Wildman–Crippen MR) is 99.9 cm³/mol. The van der Waals surface area contributed by atoms with Gasteiger partial charge in [-0.1, -0.05) is 6.07 Å². The Kier molecular flexibility index (Phi) is 5.61. The van der Waals surface area contributed by atoms with Gasteiger partial charge in [0.1, 0.15) is 5.00 Å². The topological polar surface area (TPSA) is 34.6 Å². The van der Waals surface area contributed by atoms with Gasteiger partial charge in [-0.3, -0.25) is 0 Å². The van der Waals surface area contributed by atoms with Crippen LogP contribution in [0.15, 0.2) is 18.2 Å². The highest BCUT2D eigenvalue weighted by molar-refractivity contribution is 7.15. The maximum absolute atomic E-state index is 5.38. The van der Waals surface area contributed by atoms with Crippen LogP contribution in [-0.4, -0.2) is 32.3 Å². The van der Waals surface area contributed by atoms with Gasteiger partial charge in [0.15, 0.2) is 11.5 Å². The number of hydrogen-bond acceptors (Lipinski definition) is 5. The summed E-state index contributed by atoms with van der Waals surface area (Å²) in [6, 6.07) is 6.17. The fraction of sp³-hybridized carbons (Fsp3) is 0.526. The lowest BCUT2D eigenvalue weighted by atomic mass is 10.1. The van der Waals surface area contributed by atoms with Crippen LogP contribution in [0.3, 0.4) is 0 Å². The second kappa shape index (κ2) is 7.88. The third kappa shape index (κ3) is 3.83. The molecule has 130 valence electrons. The molecule has 3 rings (SSSR count). The van der Waals surface area contributed by atoms with Gasteiger partial charge < -0.3 is 14.4 Å². The number of nitrogens with zero attached hydrogens (tertiary/aromatic N) is 2. The number of hydrogen-bond donors (Lipinski definition) is 0. The van der Waals surface area contributed by atoms with E-state index < -0.39 is 0 Å². The Morgan fingerprint density at radius 2 is 1.83 bits per heavy atom. The molecule has 4 nitrogen and oxygen atoms in total. The van der Waals surface area contributed by atoms with Gasteiger partial charge in [0.2, 0.25) is 0 Å². The van der Waals surface area contributed by atoms with Crippen molar-refractivity contribution >= 4 is 16.3 Å². The summed E-state index contributed by atoms with van der Waals surface area (Å²) in [6.07, 6.45) is 5.78. The van der Waals surface area contributed by atoms with Crippen molar-refractivity contribution in [1.82, 2.24) is 4.98 Å². The lowest BCUT2D eigenvalue weighted by Gasteiger charge is -2.14. The molecule has 0 amide bonds. The third-order valence-corrected chi connectivity index (χ3v) is 5.79. The van der Waals surface area contributed by atoms with Crippen LogP contribution in [0.25, 0.3) is 0 Å². The van der Waals surface area contributed by atoms with Gasteiger partial charge in [0.25, 0.3) is 0 Å². The first-order valence-corrected chi connectivity index (χ1v) is 9.45. The Labute approximate surface area is 148 Å². The first-order chi connectivity index (χ1) is 11.7. The normalized spacial score (nSPS) is 14.2. The lowest BCUT2D eigenvalue weighted by Crippen LogP contribution is -2.16. The fourth-order valence-corrected chi connectivity index (χ4v) is 4.40. The quantitative estimate of drug-likeness (QED) is 0.751. The molecule has 1 fully saturated rings. The average Bonchev–Trinajstić information content (AvgIpc) is 3.24. The largest absolute Gasteiger partial charge is 0.493 e. The minimum Gasteiger partial charge on any atom is -0.493 e. The zero-order chi connectivity index (χ0) is 16.9. The maximum atomic E-state index is 5.38. The summed E-state index contributed by atoms with van der Waals surface area (Å²) in [7, 11) is 3.35. The Morgan fingerprint density at radius 1 is 1.08 bits per heavy atom. The van der Waals surface area contributed by atoms with Crippen molar-refractivity contribution in [2.75, 3.05) is 32.2 Å². The molecule has 0 aliphatic carbocycles. The zero-order valence-electron chi connectivity index (χ0n) is 14.8. The molecule has 24 heavy (non-hydrogen) atoms. The minimum atomic E-state index is 0.784. The Morgan fingerprint density at radius 3 is 2.54 bits per heavy atom. The average molecular weight is 346 g/mol. The number of methoxy groups -OCH3 is 2. The van der Waals surface area contributed by atoms with Crippen LogP contribution in [0.2, 0.25) is 0 Å². The minimum absolute atomic E-state index is 0.784. The van der Waals surface area contributed by atoms with Crippen LogP contribution in [0, 0.1) is 6.92 Å². The van der Waals surface area contributed by atoms with Crippen LogP contribution in [0.1, 0.15) is 35.5 Å². The summed E-state index contributed by atoms with van der Waals surface area (Å²) in [6.45, 7) is 4.52. The van der Waals surface area contributed by atoms with E-state index >= 15 is 0 Å². The summed E-state index contributed by atoms with van der Waals surface area (Å²) < 4.78 is 10.7. The molecular formula is C19H26N2O2S. The highest BCUT2D eigenvalue weighted by atomic mass is 32.1. The smallest absolute Gasteiger partial charge is 0.160 e. The maximum Gasteiger partial charge on any atom is 0.160 e. The summed E-state index contributed by atoms with van der Waals surface area (Å²) in [5.41, 5.74) is 2.48. The van der Waals surface area contributed by atoms with Crippen LogP contribution >= 0.6 is 11.3 Å². The molecule has 1 aliphatic heterocycles. The van der Waals surface area contributed by atoms with E-state index in [0.717, 1.165) is 30.8 Å². The predicted octanol–water partition coefficient (Wildman–Crippen LogP) is 4.24. The summed E-state index contributed by atoms with van der Waals surface area (Å²) in [5.74, 6) is 1.59. The highest BCUT2D eigenvalue weighted by Gasteiger charge is 2.18. The Balaban J connectivity index is 1.57. The lowest BCUT2D eigenvalue weighted by molar-refractivity contribution is 0.354. The van der Waals surface area contributed by atoms with Gasteiger partial charge in [-0.2, -0.15) is 0 Å². The van der Waals surface area contributed by atoms with E-state index in [1.807, 2.05) is 17.4 Å². The van der Waals surface area contributed by atoms with Crippen molar-refractivity contribution in [1.29, 1.82) is 0 Å². The number of rotatable bonds is 7. The number of aromatic nitrogens is 1. The van der Waals surface area contributed by atoms with Crippen molar-refractivity contribution in [2.24, 2.45) is 0 Å². The molecule has 0 spiro atoms. The SMILES string of the molecule is COc1ccc(CCCc2nc(C)c(N3CCCC3)s2)cc1OC. The standard InChI is InChI=1S/C19H26N2O2S/c1-14-19(21-11-4-5-12-21)24-18(20-14)8-6-7-15-9-10-16(22-2)17(13-15)23-3/h9-10,13H,4-8,11-12H2,1-3H3. The Bertz CT molecular complexity index is 678. The fourth-order valence-electron chi connectivity index (χ4n) is 3.24. The van der Waals surface area contributed by atoms with Crippen molar-refractivity contribution in [3.63, 3.8) is 0 Å². The molecule has 1 saturated heterocycles. The van der Waals surface area contributed by atoms with E-state index in [4.69, 9.17) is 14.5 Å². The summed E-state index contributed by atoms with van der Waals surface area (Å²) in [4.78, 5) is 7.27. The van der Waals surface area contributed by atoms with E-state index in [0.29, 0.717) is 0 Å². The monoisotopic (exact) mass is 346 g/mol. The molecule has 1 aromatic carbocycles. The Hall–Kier alpha value is -1.75. The number of aryl methyl sites for hydroxylation is 3. The first-order valence-electron chi connectivity index (χ1n) is 8.63. The zero-order valence-corrected chi connectivity index (χ0v) is 15.6. The molecule has 1 aromatic heterocycles. The first kappa shape index (κ1) is 17.1. The van der Waals surface area contributed by atoms with Gasteiger partial charge >= 0.3 is 0 Å². The van der Waals surface area contributed by atoms with Gasteiger partial charge in [-0.05, 0) is 56.7 Å². The molecule has 0 bridgehead atoms. The summed E-state index contributed by atoms with van der Waals surface area (Å²) in [5, 5.41) is 2.64. The highest BCUT2D eigenvalue weighted by Crippen LogP contribution is 2.32. The molecule has 2 aromatic rings. The molecule has 1 aliphatic rings. The molecule has 5 heteroatoms. The number of ether oxygens (including phenoxy) is 2. The van der Waals surface area contributed by atoms with E-state index in [1.54, 1.807) is 14.2 Å². The number of thiazole rings is 1. The number of benzene rings is 1. The van der Waals surface area contributed by atoms with Crippen molar-refractivity contribution in [3.05, 3.63) is 34.5 Å². The second-order valence-electron chi connectivity index (χ2n) is 6.24. The van der Waals surface area contributed by atoms with Gasteiger partial charge in [-0.15, -0.1) is 11.3 Å². The van der Waals surface area contributed by atoms with E-state index in [-0.39, 0.29) is 0 Å². The number of anilines is 1. The second-order valence-corrected chi connectivity index (χ2v) is 7.30. The van der Waals surface area contributed by atoms with Crippen LogP contribution in [0.5, 0.6) is 11.5 Å².